The minimum Gasteiger partial charge on any atom is -0.383 e. The molecule has 0 radical (unpaired) electrons. The molecule has 1 unspecified atom stereocenters. The smallest absolute Gasteiger partial charge is 0.264 e. The first-order valence-corrected chi connectivity index (χ1v) is 12.0. The van der Waals surface area contributed by atoms with E-state index in [1.165, 1.54) is 34.4 Å². The highest BCUT2D eigenvalue weighted by molar-refractivity contribution is 7.12. The van der Waals surface area contributed by atoms with Crippen molar-refractivity contribution in [2.24, 2.45) is 5.10 Å². The topological polar surface area (TPSA) is 62.2 Å². The van der Waals surface area contributed by atoms with Gasteiger partial charge in [-0.3, -0.25) is 9.59 Å². The fraction of sp³-hybridized carbons (Fsp3) is 0.240. The zero-order valence-corrected chi connectivity index (χ0v) is 20.1. The molecule has 1 aliphatic heterocycles. The predicted octanol–water partition coefficient (Wildman–Crippen LogP) is 5.01. The highest BCUT2D eigenvalue weighted by Crippen LogP contribution is 2.35. The largest absolute Gasteiger partial charge is 0.383 e. The second kappa shape index (κ2) is 10.9. The quantitative estimate of drug-likeness (QED) is 0.438. The lowest BCUT2D eigenvalue weighted by Crippen LogP contribution is -2.42. The molecule has 2 aromatic carbocycles. The van der Waals surface area contributed by atoms with Gasteiger partial charge in [0.2, 0.25) is 0 Å². The van der Waals surface area contributed by atoms with Crippen molar-refractivity contribution in [3.63, 3.8) is 0 Å². The maximum atomic E-state index is 14.7. The number of hydrogen-bond acceptors (Lipinski definition) is 5. The summed E-state index contributed by atoms with van der Waals surface area (Å²) >= 11 is 7.67. The van der Waals surface area contributed by atoms with Crippen molar-refractivity contribution in [1.29, 1.82) is 0 Å². The first-order chi connectivity index (χ1) is 16.5. The van der Waals surface area contributed by atoms with Crippen molar-refractivity contribution in [2.45, 2.75) is 12.5 Å². The number of hydrogen-bond donors (Lipinski definition) is 0. The standard InChI is InChI=1S/C25H23ClFN3O3S/c1-33-13-12-29(25(32)23-11-6-14-34-23)16-24(31)30-22(18-8-3-5-10-20(18)27)15-21(28-30)17-7-2-4-9-19(17)26/h2-11,14,22H,12-13,15-16H2,1H3. The number of benzene rings is 2. The Morgan fingerprint density at radius 1 is 1.18 bits per heavy atom. The second-order valence-corrected chi connectivity index (χ2v) is 9.06. The molecule has 9 heteroatoms. The van der Waals surface area contributed by atoms with Crippen LogP contribution in [0.2, 0.25) is 5.02 Å². The van der Waals surface area contributed by atoms with Crippen LogP contribution in [0.15, 0.2) is 71.1 Å². The molecule has 0 fully saturated rings. The van der Waals surface area contributed by atoms with Gasteiger partial charge in [-0.05, 0) is 23.6 Å². The number of thiophene rings is 1. The van der Waals surface area contributed by atoms with Gasteiger partial charge in [0.15, 0.2) is 0 Å². The zero-order valence-electron chi connectivity index (χ0n) is 18.5. The van der Waals surface area contributed by atoms with E-state index in [4.69, 9.17) is 16.3 Å². The Morgan fingerprint density at radius 2 is 1.94 bits per heavy atom. The average Bonchev–Trinajstić information content (AvgIpc) is 3.52. The monoisotopic (exact) mass is 499 g/mol. The molecule has 176 valence electrons. The minimum atomic E-state index is -0.652. The Hall–Kier alpha value is -3.07. The highest BCUT2D eigenvalue weighted by Gasteiger charge is 2.36. The van der Waals surface area contributed by atoms with E-state index < -0.39 is 17.8 Å². The summed E-state index contributed by atoms with van der Waals surface area (Å²) in [6.07, 6.45) is 0.299. The van der Waals surface area contributed by atoms with E-state index in [2.05, 4.69) is 5.10 Å². The van der Waals surface area contributed by atoms with Crippen LogP contribution in [0.25, 0.3) is 0 Å². The number of methoxy groups -OCH3 is 1. The van der Waals surface area contributed by atoms with E-state index in [9.17, 15) is 14.0 Å². The molecule has 3 aromatic rings. The third-order valence-electron chi connectivity index (χ3n) is 5.53. The lowest BCUT2D eigenvalue weighted by Gasteiger charge is -2.26. The van der Waals surface area contributed by atoms with Crippen molar-refractivity contribution < 1.29 is 18.7 Å². The average molecular weight is 500 g/mol. The third-order valence-corrected chi connectivity index (χ3v) is 6.71. The first kappa shape index (κ1) is 24.1. The van der Waals surface area contributed by atoms with Crippen LogP contribution in [0.4, 0.5) is 4.39 Å². The van der Waals surface area contributed by atoms with Crippen LogP contribution in [-0.4, -0.2) is 54.2 Å². The Bertz CT molecular complexity index is 1200. The lowest BCUT2D eigenvalue weighted by molar-refractivity contribution is -0.133. The van der Waals surface area contributed by atoms with Gasteiger partial charge in [-0.1, -0.05) is 54.1 Å². The van der Waals surface area contributed by atoms with Crippen LogP contribution in [0, 0.1) is 5.82 Å². The molecular weight excluding hydrogens is 477 g/mol. The van der Waals surface area contributed by atoms with Crippen LogP contribution >= 0.6 is 22.9 Å². The number of nitrogens with zero attached hydrogens (tertiary/aromatic N) is 3. The zero-order chi connectivity index (χ0) is 24.1. The number of ether oxygens (including phenoxy) is 1. The van der Waals surface area contributed by atoms with Gasteiger partial charge >= 0.3 is 0 Å². The van der Waals surface area contributed by atoms with E-state index >= 15 is 0 Å². The highest BCUT2D eigenvalue weighted by atomic mass is 35.5. The minimum absolute atomic E-state index is 0.218. The van der Waals surface area contributed by atoms with Gasteiger partial charge < -0.3 is 9.64 Å². The van der Waals surface area contributed by atoms with Crippen LogP contribution in [0.1, 0.15) is 33.3 Å². The second-order valence-electron chi connectivity index (χ2n) is 7.70. The summed E-state index contributed by atoms with van der Waals surface area (Å²) in [5, 5.41) is 8.13. The van der Waals surface area contributed by atoms with Gasteiger partial charge in [0.05, 0.1) is 23.2 Å². The summed E-state index contributed by atoms with van der Waals surface area (Å²) in [5.74, 6) is -1.11. The summed E-state index contributed by atoms with van der Waals surface area (Å²) < 4.78 is 19.9. The third kappa shape index (κ3) is 5.19. The molecule has 4 rings (SSSR count). The molecule has 1 atom stereocenters. The number of rotatable bonds is 8. The van der Waals surface area contributed by atoms with Crippen LogP contribution < -0.4 is 0 Å². The summed E-state index contributed by atoms with van der Waals surface area (Å²) in [6.45, 7) is 0.290. The number of carbonyl (C=O) groups excluding carboxylic acids is 2. The Labute approximate surface area is 206 Å². The van der Waals surface area contributed by atoms with Crippen LogP contribution in [-0.2, 0) is 9.53 Å². The van der Waals surface area contributed by atoms with Crippen molar-refractivity contribution >= 4 is 40.5 Å². The number of hydrazone groups is 1. The molecule has 1 aromatic heterocycles. The van der Waals surface area contributed by atoms with Crippen molar-refractivity contribution in [3.8, 4) is 0 Å². The Morgan fingerprint density at radius 3 is 2.65 bits per heavy atom. The normalized spacial score (nSPS) is 15.3. The van der Waals surface area contributed by atoms with Crippen molar-refractivity contribution in [1.82, 2.24) is 9.91 Å². The van der Waals surface area contributed by atoms with Gasteiger partial charge in [-0.25, -0.2) is 9.40 Å². The van der Waals surface area contributed by atoms with Gasteiger partial charge in [-0.2, -0.15) is 5.10 Å². The maximum Gasteiger partial charge on any atom is 0.264 e. The summed E-state index contributed by atoms with van der Waals surface area (Å²) in [4.78, 5) is 28.4. The lowest BCUT2D eigenvalue weighted by atomic mass is 9.98. The molecule has 0 N–H and O–H groups in total. The maximum absolute atomic E-state index is 14.7. The summed E-state index contributed by atoms with van der Waals surface area (Å²) in [6, 6.07) is 16.4. The number of amides is 2. The van der Waals surface area contributed by atoms with Crippen LogP contribution in [0.3, 0.4) is 0 Å². The molecule has 34 heavy (non-hydrogen) atoms. The molecule has 0 spiro atoms. The molecule has 0 bridgehead atoms. The molecular formula is C25H23ClFN3O3S. The molecule has 6 nitrogen and oxygen atoms in total. The van der Waals surface area contributed by atoms with E-state index in [-0.39, 0.29) is 25.6 Å². The molecule has 2 amide bonds. The SMILES string of the molecule is COCCN(CC(=O)N1N=C(c2ccccc2Cl)CC1c1ccccc1F)C(=O)c1cccs1. The van der Waals surface area contributed by atoms with Crippen molar-refractivity contribution in [3.05, 3.63) is 92.9 Å². The van der Waals surface area contributed by atoms with E-state index in [1.807, 2.05) is 18.2 Å². The molecule has 1 aliphatic rings. The van der Waals surface area contributed by atoms with Gasteiger partial charge in [0.1, 0.15) is 12.4 Å². The first-order valence-electron chi connectivity index (χ1n) is 10.7. The van der Waals surface area contributed by atoms with Crippen molar-refractivity contribution in [2.75, 3.05) is 26.8 Å². The Kier molecular flexibility index (Phi) is 7.72. The van der Waals surface area contributed by atoms with Gasteiger partial charge in [0, 0.05) is 36.2 Å². The number of carbonyl (C=O) groups is 2. The fourth-order valence-electron chi connectivity index (χ4n) is 3.83. The number of halogens is 2. The molecule has 0 saturated heterocycles. The van der Waals surface area contributed by atoms with E-state index in [1.54, 1.807) is 41.8 Å². The van der Waals surface area contributed by atoms with Gasteiger partial charge in [-0.15, -0.1) is 11.3 Å². The summed E-state index contributed by atoms with van der Waals surface area (Å²) in [7, 11) is 1.53. The fourth-order valence-corrected chi connectivity index (χ4v) is 4.77. The van der Waals surface area contributed by atoms with E-state index in [0.717, 1.165) is 0 Å². The Balaban J connectivity index is 1.65. The molecule has 2 heterocycles. The van der Waals surface area contributed by atoms with Gasteiger partial charge in [0.25, 0.3) is 11.8 Å². The molecule has 0 saturated carbocycles. The van der Waals surface area contributed by atoms with E-state index in [0.29, 0.717) is 33.2 Å². The van der Waals surface area contributed by atoms with Crippen LogP contribution in [0.5, 0.6) is 0 Å². The summed E-state index contributed by atoms with van der Waals surface area (Å²) in [5.41, 5.74) is 1.63. The molecule has 0 aliphatic carbocycles. The predicted molar refractivity (Wildman–Crippen MR) is 131 cm³/mol.